The van der Waals surface area contributed by atoms with Gasteiger partial charge in [-0.25, -0.2) is 0 Å². The van der Waals surface area contributed by atoms with Gasteiger partial charge in [0.25, 0.3) is 5.91 Å². The summed E-state index contributed by atoms with van der Waals surface area (Å²) >= 11 is 0. The number of ether oxygens (including phenoxy) is 3. The van der Waals surface area contributed by atoms with Crippen LogP contribution in [-0.2, 0) is 20.8 Å². The molecule has 2 saturated heterocycles. The number of hydrogen-bond acceptors (Lipinski definition) is 7. The highest BCUT2D eigenvalue weighted by Crippen LogP contribution is 2.38. The number of benzene rings is 2. The molecule has 0 bridgehead atoms. The fraction of sp³-hybridized carbons (Fsp3) is 0.357. The summed E-state index contributed by atoms with van der Waals surface area (Å²) in [5, 5.41) is 12.3. The molecule has 36 heavy (non-hydrogen) atoms. The third-order valence-corrected chi connectivity index (χ3v) is 6.54. The van der Waals surface area contributed by atoms with Gasteiger partial charge in [0.15, 0.2) is 6.29 Å². The van der Waals surface area contributed by atoms with Gasteiger partial charge in [0.1, 0.15) is 0 Å². The smallest absolute Gasteiger partial charge is 0.257 e. The summed E-state index contributed by atoms with van der Waals surface area (Å²) in [5.74, 6) is -0.210. The lowest BCUT2D eigenvalue weighted by Gasteiger charge is -2.39. The molecule has 2 aliphatic heterocycles. The molecule has 0 spiro atoms. The number of hydrogen-bond donors (Lipinski definition) is 2. The first kappa shape index (κ1) is 24.5. The van der Waals surface area contributed by atoms with Crippen LogP contribution in [0, 0.1) is 0 Å². The van der Waals surface area contributed by atoms with Crippen molar-refractivity contribution in [1.82, 2.24) is 9.88 Å². The third-order valence-electron chi connectivity index (χ3n) is 6.54. The zero-order valence-corrected chi connectivity index (χ0v) is 20.1. The molecule has 8 heteroatoms. The molecule has 2 fully saturated rings. The number of rotatable bonds is 7. The number of amides is 1. The second-order valence-electron chi connectivity index (χ2n) is 9.08. The normalized spacial score (nSPS) is 22.8. The quantitative estimate of drug-likeness (QED) is 0.523. The van der Waals surface area contributed by atoms with Crippen LogP contribution in [0.4, 0.5) is 5.69 Å². The lowest BCUT2D eigenvalue weighted by Crippen LogP contribution is -2.44. The van der Waals surface area contributed by atoms with E-state index in [0.29, 0.717) is 11.3 Å². The van der Waals surface area contributed by atoms with Crippen molar-refractivity contribution in [2.45, 2.75) is 31.5 Å². The Morgan fingerprint density at radius 2 is 1.75 bits per heavy atom. The maximum Gasteiger partial charge on any atom is 0.257 e. The van der Waals surface area contributed by atoms with Gasteiger partial charge in [0.05, 0.1) is 37.6 Å². The minimum absolute atomic E-state index is 0.00525. The Bertz CT molecular complexity index is 1120. The zero-order valence-electron chi connectivity index (χ0n) is 20.1. The van der Waals surface area contributed by atoms with Crippen molar-refractivity contribution in [3.05, 3.63) is 95.3 Å². The Hall–Kier alpha value is -3.14. The Balaban J connectivity index is 1.30. The van der Waals surface area contributed by atoms with E-state index in [-0.39, 0.29) is 24.7 Å². The molecule has 3 aromatic rings. The van der Waals surface area contributed by atoms with Gasteiger partial charge in [0.2, 0.25) is 0 Å². The lowest BCUT2D eigenvalue weighted by atomic mass is 9.99. The standard InChI is InChI=1S/C28H31N3O5/c32-19-20-3-5-21(6-4-20)26-16-25(18-31-12-14-34-15-13-31)35-28(36-26)22-7-9-24(10-8-22)30-27(33)23-2-1-11-29-17-23/h1-11,17,25-26,28,32H,12-16,18-19H2,(H,30,33)/t25-,26+,28+/m0/s1. The van der Waals surface area contributed by atoms with Crippen molar-refractivity contribution in [3.8, 4) is 0 Å². The number of carbonyl (C=O) groups is 1. The van der Waals surface area contributed by atoms with Crippen molar-refractivity contribution in [2.24, 2.45) is 0 Å². The molecule has 3 heterocycles. The van der Waals surface area contributed by atoms with E-state index in [0.717, 1.165) is 56.0 Å². The van der Waals surface area contributed by atoms with E-state index in [4.69, 9.17) is 14.2 Å². The molecule has 5 rings (SSSR count). The van der Waals surface area contributed by atoms with E-state index in [1.165, 1.54) is 6.20 Å². The van der Waals surface area contributed by atoms with Gasteiger partial charge in [-0.05, 0) is 35.4 Å². The van der Waals surface area contributed by atoms with E-state index in [9.17, 15) is 9.90 Å². The molecule has 2 aliphatic rings. The molecule has 188 valence electrons. The fourth-order valence-electron chi connectivity index (χ4n) is 4.53. The van der Waals surface area contributed by atoms with Crippen LogP contribution < -0.4 is 5.32 Å². The highest BCUT2D eigenvalue weighted by atomic mass is 16.7. The van der Waals surface area contributed by atoms with Crippen molar-refractivity contribution in [3.63, 3.8) is 0 Å². The fourth-order valence-corrected chi connectivity index (χ4v) is 4.53. The van der Waals surface area contributed by atoms with Gasteiger partial charge in [-0.2, -0.15) is 0 Å². The molecule has 0 unspecified atom stereocenters. The Morgan fingerprint density at radius 1 is 1.00 bits per heavy atom. The molecule has 0 saturated carbocycles. The SMILES string of the molecule is O=C(Nc1ccc([C@@H]2O[C@H](CN3CCOCC3)C[C@H](c3ccc(CO)cc3)O2)cc1)c1cccnc1. The number of anilines is 1. The van der Waals surface area contributed by atoms with Gasteiger partial charge in [-0.15, -0.1) is 0 Å². The molecule has 8 nitrogen and oxygen atoms in total. The third kappa shape index (κ3) is 6.16. The second-order valence-corrected chi connectivity index (χ2v) is 9.08. The summed E-state index contributed by atoms with van der Waals surface area (Å²) in [6, 6.07) is 18.9. The van der Waals surface area contributed by atoms with Gasteiger partial charge in [-0.1, -0.05) is 36.4 Å². The summed E-state index contributed by atoms with van der Waals surface area (Å²) in [6.45, 7) is 4.10. The van der Waals surface area contributed by atoms with Crippen molar-refractivity contribution in [2.75, 3.05) is 38.2 Å². The van der Waals surface area contributed by atoms with Crippen LogP contribution in [0.3, 0.4) is 0 Å². The van der Waals surface area contributed by atoms with Crippen LogP contribution in [0.2, 0.25) is 0 Å². The van der Waals surface area contributed by atoms with Crippen molar-refractivity contribution >= 4 is 11.6 Å². The van der Waals surface area contributed by atoms with Crippen LogP contribution in [0.15, 0.2) is 73.1 Å². The molecule has 1 amide bonds. The Kier molecular flexibility index (Phi) is 8.00. The predicted octanol–water partition coefficient (Wildman–Crippen LogP) is 3.70. The number of carbonyl (C=O) groups excluding carboxylic acids is 1. The van der Waals surface area contributed by atoms with E-state index in [2.05, 4.69) is 15.2 Å². The largest absolute Gasteiger partial charge is 0.392 e. The first-order valence-corrected chi connectivity index (χ1v) is 12.3. The molecular formula is C28H31N3O5. The zero-order chi connectivity index (χ0) is 24.7. The summed E-state index contributed by atoms with van der Waals surface area (Å²) in [7, 11) is 0. The van der Waals surface area contributed by atoms with E-state index >= 15 is 0 Å². The predicted molar refractivity (Wildman–Crippen MR) is 134 cm³/mol. The van der Waals surface area contributed by atoms with Crippen LogP contribution in [-0.4, -0.2) is 59.8 Å². The summed E-state index contributed by atoms with van der Waals surface area (Å²) in [4.78, 5) is 18.8. The first-order chi connectivity index (χ1) is 17.7. The van der Waals surface area contributed by atoms with Crippen LogP contribution in [0.25, 0.3) is 0 Å². The maximum atomic E-state index is 12.4. The second kappa shape index (κ2) is 11.7. The molecule has 1 aromatic heterocycles. The minimum Gasteiger partial charge on any atom is -0.392 e. The average molecular weight is 490 g/mol. The summed E-state index contributed by atoms with van der Waals surface area (Å²) < 4.78 is 18.3. The first-order valence-electron chi connectivity index (χ1n) is 12.3. The molecule has 0 aliphatic carbocycles. The highest BCUT2D eigenvalue weighted by Gasteiger charge is 2.33. The van der Waals surface area contributed by atoms with Crippen LogP contribution in [0.1, 0.15) is 45.9 Å². The Morgan fingerprint density at radius 3 is 2.44 bits per heavy atom. The number of nitrogens with one attached hydrogen (secondary N) is 1. The summed E-state index contributed by atoms with van der Waals surface area (Å²) in [6.07, 6.45) is 3.24. The highest BCUT2D eigenvalue weighted by molar-refractivity contribution is 6.03. The number of morpholine rings is 1. The van der Waals surface area contributed by atoms with Gasteiger partial charge >= 0.3 is 0 Å². The van der Waals surface area contributed by atoms with Gasteiger partial charge in [0, 0.05) is 49.7 Å². The number of aromatic nitrogens is 1. The summed E-state index contributed by atoms with van der Waals surface area (Å²) in [5.41, 5.74) is 4.01. The number of nitrogens with zero attached hydrogens (tertiary/aromatic N) is 2. The van der Waals surface area contributed by atoms with E-state index < -0.39 is 6.29 Å². The van der Waals surface area contributed by atoms with Crippen LogP contribution >= 0.6 is 0 Å². The van der Waals surface area contributed by atoms with E-state index in [1.54, 1.807) is 18.3 Å². The monoisotopic (exact) mass is 489 g/mol. The maximum absolute atomic E-state index is 12.4. The van der Waals surface area contributed by atoms with Crippen molar-refractivity contribution in [1.29, 1.82) is 0 Å². The van der Waals surface area contributed by atoms with Crippen molar-refractivity contribution < 1.29 is 24.1 Å². The number of pyridine rings is 1. The molecule has 3 atom stereocenters. The molecule has 2 N–H and O–H groups in total. The molecule has 2 aromatic carbocycles. The van der Waals surface area contributed by atoms with Gasteiger partial charge < -0.3 is 24.6 Å². The number of aliphatic hydroxyl groups excluding tert-OH is 1. The van der Waals surface area contributed by atoms with Gasteiger partial charge in [-0.3, -0.25) is 14.7 Å². The molecule has 0 radical (unpaired) electrons. The van der Waals surface area contributed by atoms with E-state index in [1.807, 2.05) is 48.5 Å². The topological polar surface area (TPSA) is 93.2 Å². The lowest BCUT2D eigenvalue weighted by molar-refractivity contribution is -0.253. The minimum atomic E-state index is -0.532. The average Bonchev–Trinajstić information content (AvgIpc) is 2.94. The number of aliphatic hydroxyl groups is 1. The Labute approximate surface area is 210 Å². The van der Waals surface area contributed by atoms with Crippen LogP contribution in [0.5, 0.6) is 0 Å². The molecular weight excluding hydrogens is 458 g/mol.